The van der Waals surface area contributed by atoms with Crippen molar-refractivity contribution in [1.82, 2.24) is 0 Å². The number of hydrogen-bond donors (Lipinski definition) is 4. The van der Waals surface area contributed by atoms with E-state index in [-0.39, 0.29) is 19.4 Å². The third-order valence-electron chi connectivity index (χ3n) is 8.11. The van der Waals surface area contributed by atoms with Crippen molar-refractivity contribution in [3.8, 4) is 0 Å². The zero-order valence-electron chi connectivity index (χ0n) is 31.6. The van der Waals surface area contributed by atoms with E-state index in [2.05, 4.69) is 31.4 Å². The molecule has 51 heavy (non-hydrogen) atoms. The van der Waals surface area contributed by atoms with Gasteiger partial charge in [0.05, 0.1) is 25.9 Å². The highest BCUT2D eigenvalue weighted by molar-refractivity contribution is 7.47. The van der Waals surface area contributed by atoms with Crippen LogP contribution in [0.1, 0.15) is 136 Å². The quantitative estimate of drug-likeness (QED) is 0.0165. The molecule has 0 radical (unpaired) electrons. The predicted octanol–water partition coefficient (Wildman–Crippen LogP) is 8.21. The van der Waals surface area contributed by atoms with Crippen molar-refractivity contribution in [2.45, 2.75) is 155 Å². The van der Waals surface area contributed by atoms with E-state index in [9.17, 15) is 29.3 Å². The fraction of sp³-hybridized carbons (Fsp3) is 0.744. The second-order valence-corrected chi connectivity index (χ2v) is 14.5. The minimum atomic E-state index is -4.64. The Kier molecular flexibility index (Phi) is 32.3. The third kappa shape index (κ3) is 33.5. The van der Waals surface area contributed by atoms with Gasteiger partial charge in [-0.1, -0.05) is 127 Å². The van der Waals surface area contributed by atoms with Crippen molar-refractivity contribution < 1.29 is 52.9 Å². The minimum absolute atomic E-state index is 0.132. The van der Waals surface area contributed by atoms with Gasteiger partial charge < -0.3 is 29.7 Å². The normalized spacial score (nSPS) is 15.8. The van der Waals surface area contributed by atoms with E-state index in [0.717, 1.165) is 31.6 Å². The fourth-order valence-corrected chi connectivity index (χ4v) is 5.48. The van der Waals surface area contributed by atoms with Crippen molar-refractivity contribution in [2.24, 2.45) is 5.92 Å². The van der Waals surface area contributed by atoms with Crippen LogP contribution in [0, 0.1) is 5.92 Å². The summed E-state index contributed by atoms with van der Waals surface area (Å²) < 4.78 is 32.4. The van der Waals surface area contributed by atoms with Gasteiger partial charge in [-0.25, -0.2) is 4.57 Å². The van der Waals surface area contributed by atoms with Crippen LogP contribution in [0.2, 0.25) is 0 Å². The molecule has 0 heterocycles. The smallest absolute Gasteiger partial charge is 0.462 e. The van der Waals surface area contributed by atoms with Crippen LogP contribution in [0.3, 0.4) is 0 Å². The Morgan fingerprint density at radius 1 is 0.745 bits per heavy atom. The highest BCUT2D eigenvalue weighted by atomic mass is 31.2. The van der Waals surface area contributed by atoms with E-state index >= 15 is 0 Å². The number of hydrogen-bond acceptors (Lipinski definition) is 10. The maximum Gasteiger partial charge on any atom is 0.472 e. The molecule has 11 nitrogen and oxygen atoms in total. The van der Waals surface area contributed by atoms with Crippen LogP contribution in [-0.2, 0) is 32.7 Å². The van der Waals surface area contributed by atoms with Gasteiger partial charge in [-0.3, -0.25) is 18.6 Å². The molecule has 296 valence electrons. The predicted molar refractivity (Wildman–Crippen MR) is 202 cm³/mol. The van der Waals surface area contributed by atoms with Crippen LogP contribution in [0.4, 0.5) is 0 Å². The first-order valence-corrected chi connectivity index (χ1v) is 20.6. The number of unbranched alkanes of at least 4 members (excludes halogenated alkanes) is 9. The Bertz CT molecular complexity index is 1030. The summed E-state index contributed by atoms with van der Waals surface area (Å²) >= 11 is 0. The van der Waals surface area contributed by atoms with Gasteiger partial charge in [-0.05, 0) is 50.9 Å². The number of ether oxygens (including phenoxy) is 2. The molecule has 0 fully saturated rings. The zero-order valence-corrected chi connectivity index (χ0v) is 32.5. The van der Waals surface area contributed by atoms with Crippen molar-refractivity contribution in [3.05, 3.63) is 48.6 Å². The third-order valence-corrected chi connectivity index (χ3v) is 9.06. The molecule has 0 aromatic carbocycles. The minimum Gasteiger partial charge on any atom is -0.462 e. The van der Waals surface area contributed by atoms with Gasteiger partial charge in [-0.15, -0.1) is 0 Å². The molecule has 0 aliphatic carbocycles. The van der Waals surface area contributed by atoms with Gasteiger partial charge in [0.25, 0.3) is 0 Å². The monoisotopic (exact) mass is 744 g/mol. The number of phosphoric acid groups is 1. The SMILES string of the molecule is CCCCC/C=C\C[C@@H](O)/C=C/C=C\C/C=C\CCCC(=O)OC[C@H](COP(=O)(O)OC[C@@H](O)CO)OC(=O)CCCCCCCCC(C)CC. The fourth-order valence-electron chi connectivity index (χ4n) is 4.69. The molecular formula is C39H69O11P. The lowest BCUT2D eigenvalue weighted by atomic mass is 10.00. The van der Waals surface area contributed by atoms with Crippen LogP contribution in [-0.4, -0.2) is 76.9 Å². The van der Waals surface area contributed by atoms with Crippen LogP contribution in [0.25, 0.3) is 0 Å². The Labute approximate surface area is 307 Å². The second kappa shape index (κ2) is 33.7. The Balaban J connectivity index is 4.54. The topological polar surface area (TPSA) is 169 Å². The average molecular weight is 745 g/mol. The van der Waals surface area contributed by atoms with Crippen LogP contribution in [0.15, 0.2) is 48.6 Å². The van der Waals surface area contributed by atoms with Crippen LogP contribution < -0.4 is 0 Å². The number of esters is 2. The molecule has 0 aliphatic rings. The summed E-state index contributed by atoms with van der Waals surface area (Å²) in [5.74, 6) is -0.285. The van der Waals surface area contributed by atoms with Gasteiger partial charge in [0.15, 0.2) is 6.10 Å². The van der Waals surface area contributed by atoms with Gasteiger partial charge in [0.2, 0.25) is 0 Å². The highest BCUT2D eigenvalue weighted by Crippen LogP contribution is 2.43. The standard InChI is InChI=1S/C39H69O11P/c1-4-6-7-8-16-21-26-35(41)27-22-17-11-9-10-12-18-23-28-38(43)47-32-37(33-49-51(45,46)48-31-36(42)30-40)50-39(44)29-24-19-14-13-15-20-25-34(3)5-2/h10-12,16-17,21-22,27,34-37,40-42H,4-9,13-15,18-20,23-26,28-33H2,1-3H3,(H,45,46)/b12-10-,17-11-,21-16-,27-22+/t34?,35-,36+,37-/m1/s1. The summed E-state index contributed by atoms with van der Waals surface area (Å²) in [6.45, 7) is 4.42. The molecular weight excluding hydrogens is 675 g/mol. The number of rotatable bonds is 34. The van der Waals surface area contributed by atoms with Crippen LogP contribution in [0.5, 0.6) is 0 Å². The van der Waals surface area contributed by atoms with E-state index in [0.29, 0.717) is 32.1 Å². The van der Waals surface area contributed by atoms with Crippen molar-refractivity contribution in [1.29, 1.82) is 0 Å². The Morgan fingerprint density at radius 2 is 1.41 bits per heavy atom. The van der Waals surface area contributed by atoms with E-state index in [1.54, 1.807) is 6.08 Å². The molecule has 4 N–H and O–H groups in total. The molecule has 0 spiro atoms. The molecule has 0 aliphatic heterocycles. The number of carbonyl (C=O) groups excluding carboxylic acids is 2. The lowest BCUT2D eigenvalue weighted by molar-refractivity contribution is -0.161. The molecule has 0 rings (SSSR count). The summed E-state index contributed by atoms with van der Waals surface area (Å²) in [6, 6.07) is 0. The van der Waals surface area contributed by atoms with Gasteiger partial charge >= 0.3 is 19.8 Å². The van der Waals surface area contributed by atoms with E-state index in [1.165, 1.54) is 44.9 Å². The summed E-state index contributed by atoms with van der Waals surface area (Å²) in [5.41, 5.74) is 0. The molecule has 0 aromatic heterocycles. The van der Waals surface area contributed by atoms with E-state index < -0.39 is 57.9 Å². The Morgan fingerprint density at radius 3 is 2.14 bits per heavy atom. The number of aliphatic hydroxyl groups is 3. The molecule has 0 saturated heterocycles. The molecule has 0 amide bonds. The molecule has 0 aromatic rings. The number of carbonyl (C=O) groups is 2. The first kappa shape index (κ1) is 48.9. The molecule has 12 heteroatoms. The second-order valence-electron chi connectivity index (χ2n) is 13.0. The van der Waals surface area contributed by atoms with E-state index in [4.69, 9.17) is 19.1 Å². The molecule has 0 bridgehead atoms. The number of aliphatic hydroxyl groups excluding tert-OH is 3. The molecule has 2 unspecified atom stereocenters. The van der Waals surface area contributed by atoms with Gasteiger partial charge in [-0.2, -0.15) is 0 Å². The largest absolute Gasteiger partial charge is 0.472 e. The maximum absolute atomic E-state index is 12.5. The summed E-state index contributed by atoms with van der Waals surface area (Å²) in [6.07, 6.45) is 28.5. The van der Waals surface area contributed by atoms with Crippen molar-refractivity contribution >= 4 is 19.8 Å². The van der Waals surface area contributed by atoms with Crippen molar-refractivity contribution in [2.75, 3.05) is 26.4 Å². The van der Waals surface area contributed by atoms with Crippen LogP contribution >= 0.6 is 7.82 Å². The summed E-state index contributed by atoms with van der Waals surface area (Å²) in [7, 11) is -4.64. The average Bonchev–Trinajstić information content (AvgIpc) is 3.11. The first-order chi connectivity index (χ1) is 24.5. The highest BCUT2D eigenvalue weighted by Gasteiger charge is 2.27. The number of allylic oxidation sites excluding steroid dienone is 6. The lowest BCUT2D eigenvalue weighted by Gasteiger charge is -2.20. The zero-order chi connectivity index (χ0) is 38.0. The number of phosphoric ester groups is 1. The lowest BCUT2D eigenvalue weighted by Crippen LogP contribution is -2.29. The van der Waals surface area contributed by atoms with Gasteiger partial charge in [0.1, 0.15) is 12.7 Å². The Hall–Kier alpha value is -2.11. The molecule has 0 saturated carbocycles. The van der Waals surface area contributed by atoms with E-state index in [1.807, 2.05) is 36.5 Å². The van der Waals surface area contributed by atoms with Crippen molar-refractivity contribution in [3.63, 3.8) is 0 Å². The summed E-state index contributed by atoms with van der Waals surface area (Å²) in [4.78, 5) is 34.8. The maximum atomic E-state index is 12.5. The molecule has 5 atom stereocenters. The summed E-state index contributed by atoms with van der Waals surface area (Å²) in [5, 5.41) is 28.2. The van der Waals surface area contributed by atoms with Gasteiger partial charge in [0, 0.05) is 12.8 Å². The first-order valence-electron chi connectivity index (χ1n) is 19.1.